The molecule has 84 valence electrons. The Morgan fingerprint density at radius 3 is 2.67 bits per heavy atom. The molecule has 3 N–H and O–H groups in total. The molecule has 0 saturated carbocycles. The summed E-state index contributed by atoms with van der Waals surface area (Å²) in [4.78, 5) is 2.05. The van der Waals surface area contributed by atoms with E-state index in [0.717, 1.165) is 16.6 Å². The minimum absolute atomic E-state index is 0.442. The van der Waals surface area contributed by atoms with E-state index in [0.29, 0.717) is 12.1 Å². The lowest BCUT2D eigenvalue weighted by Crippen LogP contribution is -2.15. The second-order valence-electron chi connectivity index (χ2n) is 3.89. The first-order chi connectivity index (χ1) is 7.00. The molecular formula is C11H17BrN2O. The van der Waals surface area contributed by atoms with Crippen LogP contribution in [0.5, 0.6) is 0 Å². The number of hydrogen-bond acceptors (Lipinski definition) is 3. The molecule has 0 aliphatic carbocycles. The Hall–Kier alpha value is -0.580. The van der Waals surface area contributed by atoms with E-state index in [1.54, 1.807) is 0 Å². The zero-order valence-corrected chi connectivity index (χ0v) is 10.7. The SMILES string of the molecule is CN(C)CCC(O)c1ccc(Br)c(N)c1. The average Bonchev–Trinajstić information content (AvgIpc) is 2.18. The van der Waals surface area contributed by atoms with Crippen LogP contribution in [0.3, 0.4) is 0 Å². The van der Waals surface area contributed by atoms with Crippen LogP contribution >= 0.6 is 15.9 Å². The standard InChI is InChI=1S/C11H17BrN2O/c1-14(2)6-5-11(15)8-3-4-9(12)10(13)7-8/h3-4,7,11,15H,5-6,13H2,1-2H3. The maximum Gasteiger partial charge on any atom is 0.0803 e. The minimum atomic E-state index is -0.442. The van der Waals surface area contributed by atoms with Crippen LogP contribution in [0.1, 0.15) is 18.1 Å². The first-order valence-electron chi connectivity index (χ1n) is 4.88. The smallest absolute Gasteiger partial charge is 0.0803 e. The number of hydrogen-bond donors (Lipinski definition) is 2. The van der Waals surface area contributed by atoms with E-state index in [-0.39, 0.29) is 0 Å². The van der Waals surface area contributed by atoms with E-state index in [1.807, 2.05) is 37.2 Å². The van der Waals surface area contributed by atoms with E-state index in [2.05, 4.69) is 15.9 Å². The fourth-order valence-electron chi connectivity index (χ4n) is 1.32. The highest BCUT2D eigenvalue weighted by Gasteiger charge is 2.09. The van der Waals surface area contributed by atoms with Gasteiger partial charge in [-0.05, 0) is 54.1 Å². The second-order valence-corrected chi connectivity index (χ2v) is 4.74. The van der Waals surface area contributed by atoms with Gasteiger partial charge in [0.15, 0.2) is 0 Å². The van der Waals surface area contributed by atoms with E-state index >= 15 is 0 Å². The van der Waals surface area contributed by atoms with Crippen molar-refractivity contribution in [3.05, 3.63) is 28.2 Å². The van der Waals surface area contributed by atoms with E-state index in [4.69, 9.17) is 5.73 Å². The van der Waals surface area contributed by atoms with Crippen LogP contribution in [-0.4, -0.2) is 30.6 Å². The molecule has 0 bridgehead atoms. The van der Waals surface area contributed by atoms with Gasteiger partial charge in [0.25, 0.3) is 0 Å². The molecule has 1 aromatic rings. The molecule has 1 unspecified atom stereocenters. The van der Waals surface area contributed by atoms with Gasteiger partial charge in [0.1, 0.15) is 0 Å². The number of nitrogen functional groups attached to an aromatic ring is 1. The Kier molecular flexibility index (Phi) is 4.57. The predicted octanol–water partition coefficient (Wildman–Crippen LogP) is 2.02. The fraction of sp³-hybridized carbons (Fsp3) is 0.455. The van der Waals surface area contributed by atoms with Crippen molar-refractivity contribution in [2.24, 2.45) is 0 Å². The van der Waals surface area contributed by atoms with Crippen LogP contribution in [0.2, 0.25) is 0 Å². The number of anilines is 1. The van der Waals surface area contributed by atoms with Crippen molar-refractivity contribution in [2.45, 2.75) is 12.5 Å². The van der Waals surface area contributed by atoms with Gasteiger partial charge in [-0.25, -0.2) is 0 Å². The number of halogens is 1. The maximum absolute atomic E-state index is 9.89. The Morgan fingerprint density at radius 2 is 2.13 bits per heavy atom. The monoisotopic (exact) mass is 272 g/mol. The van der Waals surface area contributed by atoms with Crippen LogP contribution in [0, 0.1) is 0 Å². The van der Waals surface area contributed by atoms with Crippen molar-refractivity contribution in [1.29, 1.82) is 0 Å². The number of nitrogens with zero attached hydrogens (tertiary/aromatic N) is 1. The van der Waals surface area contributed by atoms with E-state index in [1.165, 1.54) is 0 Å². The van der Waals surface area contributed by atoms with Crippen LogP contribution in [-0.2, 0) is 0 Å². The summed E-state index contributed by atoms with van der Waals surface area (Å²) in [6, 6.07) is 5.56. The van der Waals surface area contributed by atoms with Crippen molar-refractivity contribution >= 4 is 21.6 Å². The van der Waals surface area contributed by atoms with Gasteiger partial charge in [-0.1, -0.05) is 6.07 Å². The topological polar surface area (TPSA) is 49.5 Å². The lowest BCUT2D eigenvalue weighted by molar-refractivity contribution is 0.154. The molecule has 15 heavy (non-hydrogen) atoms. The maximum atomic E-state index is 9.89. The molecule has 3 nitrogen and oxygen atoms in total. The molecule has 0 aliphatic heterocycles. The Balaban J connectivity index is 2.65. The summed E-state index contributed by atoms with van der Waals surface area (Å²) < 4.78 is 0.867. The number of aliphatic hydroxyl groups is 1. The lowest BCUT2D eigenvalue weighted by Gasteiger charge is -2.15. The number of nitrogens with two attached hydrogens (primary N) is 1. The summed E-state index contributed by atoms with van der Waals surface area (Å²) in [7, 11) is 3.98. The molecule has 0 aliphatic rings. The van der Waals surface area contributed by atoms with Crippen LogP contribution in [0.25, 0.3) is 0 Å². The van der Waals surface area contributed by atoms with Crippen molar-refractivity contribution in [3.63, 3.8) is 0 Å². The normalized spacial score (nSPS) is 13.1. The largest absolute Gasteiger partial charge is 0.398 e. The quantitative estimate of drug-likeness (QED) is 0.825. The van der Waals surface area contributed by atoms with Gasteiger partial charge >= 0.3 is 0 Å². The molecule has 0 amide bonds. The van der Waals surface area contributed by atoms with Crippen LogP contribution in [0.4, 0.5) is 5.69 Å². The van der Waals surface area contributed by atoms with Crippen LogP contribution in [0.15, 0.2) is 22.7 Å². The molecule has 1 aromatic carbocycles. The van der Waals surface area contributed by atoms with E-state index < -0.39 is 6.10 Å². The molecule has 0 saturated heterocycles. The van der Waals surface area contributed by atoms with Crippen molar-refractivity contribution < 1.29 is 5.11 Å². The predicted molar refractivity (Wildman–Crippen MR) is 66.7 cm³/mol. The molecule has 1 rings (SSSR count). The number of benzene rings is 1. The summed E-state index contributed by atoms with van der Waals surface area (Å²) in [5.74, 6) is 0. The molecule has 0 spiro atoms. The number of aliphatic hydroxyl groups excluding tert-OH is 1. The Bertz CT molecular complexity index is 328. The van der Waals surface area contributed by atoms with Gasteiger partial charge in [-0.3, -0.25) is 0 Å². The molecule has 0 fully saturated rings. The van der Waals surface area contributed by atoms with Crippen molar-refractivity contribution in [1.82, 2.24) is 4.90 Å². The molecule has 0 heterocycles. The molecule has 4 heteroatoms. The van der Waals surface area contributed by atoms with Crippen molar-refractivity contribution in [3.8, 4) is 0 Å². The first kappa shape index (κ1) is 12.5. The third-order valence-electron chi connectivity index (χ3n) is 2.25. The molecular weight excluding hydrogens is 256 g/mol. The highest BCUT2D eigenvalue weighted by atomic mass is 79.9. The fourth-order valence-corrected chi connectivity index (χ4v) is 1.56. The minimum Gasteiger partial charge on any atom is -0.398 e. The average molecular weight is 273 g/mol. The molecule has 0 radical (unpaired) electrons. The molecule has 0 aromatic heterocycles. The summed E-state index contributed by atoms with van der Waals surface area (Å²) in [5, 5.41) is 9.89. The lowest BCUT2D eigenvalue weighted by atomic mass is 10.1. The third kappa shape index (κ3) is 3.81. The van der Waals surface area contributed by atoms with Gasteiger partial charge in [-0.15, -0.1) is 0 Å². The Labute approximate surface area is 99.0 Å². The highest BCUT2D eigenvalue weighted by molar-refractivity contribution is 9.10. The highest BCUT2D eigenvalue weighted by Crippen LogP contribution is 2.25. The van der Waals surface area contributed by atoms with Gasteiger partial charge in [-0.2, -0.15) is 0 Å². The first-order valence-corrected chi connectivity index (χ1v) is 5.67. The van der Waals surface area contributed by atoms with Crippen LogP contribution < -0.4 is 5.73 Å². The summed E-state index contributed by atoms with van der Waals surface area (Å²) in [6.45, 7) is 0.858. The van der Waals surface area contributed by atoms with Gasteiger partial charge < -0.3 is 15.7 Å². The van der Waals surface area contributed by atoms with E-state index in [9.17, 15) is 5.11 Å². The summed E-state index contributed by atoms with van der Waals surface area (Å²) in [6.07, 6.45) is 0.274. The zero-order valence-electron chi connectivity index (χ0n) is 9.07. The van der Waals surface area contributed by atoms with Crippen molar-refractivity contribution in [2.75, 3.05) is 26.4 Å². The van der Waals surface area contributed by atoms with Gasteiger partial charge in [0.05, 0.1) is 6.10 Å². The third-order valence-corrected chi connectivity index (χ3v) is 2.98. The van der Waals surface area contributed by atoms with Gasteiger partial charge in [0.2, 0.25) is 0 Å². The second kappa shape index (κ2) is 5.49. The molecule has 1 atom stereocenters. The zero-order chi connectivity index (χ0) is 11.4. The Morgan fingerprint density at radius 1 is 1.47 bits per heavy atom. The number of rotatable bonds is 4. The summed E-state index contributed by atoms with van der Waals surface area (Å²) in [5.41, 5.74) is 7.28. The summed E-state index contributed by atoms with van der Waals surface area (Å²) >= 11 is 3.33. The van der Waals surface area contributed by atoms with Gasteiger partial charge in [0, 0.05) is 16.7 Å².